The van der Waals surface area contributed by atoms with Crippen molar-refractivity contribution in [2.45, 2.75) is 42.4 Å². The number of ketones is 1. The first kappa shape index (κ1) is 22.6. The maximum absolute atomic E-state index is 13.8. The van der Waals surface area contributed by atoms with Gasteiger partial charge >= 0.3 is 0 Å². The molecule has 0 radical (unpaired) electrons. The number of para-hydroxylation sites is 1. The third-order valence-corrected chi connectivity index (χ3v) is 9.63. The van der Waals surface area contributed by atoms with Gasteiger partial charge in [0, 0.05) is 11.6 Å². The van der Waals surface area contributed by atoms with E-state index in [-0.39, 0.29) is 24.1 Å². The number of pyridine rings is 1. The third kappa shape index (κ3) is 3.62. The van der Waals surface area contributed by atoms with E-state index in [0.29, 0.717) is 30.5 Å². The molecule has 2 aromatic carbocycles. The van der Waals surface area contributed by atoms with Crippen molar-refractivity contribution in [3.05, 3.63) is 94.8 Å². The molecule has 2 fully saturated rings. The zero-order valence-electron chi connectivity index (χ0n) is 19.4. The number of hydrogen-bond donors (Lipinski definition) is 0. The van der Waals surface area contributed by atoms with Crippen LogP contribution in [0.15, 0.2) is 66.7 Å². The Bertz CT molecular complexity index is 1550. The van der Waals surface area contributed by atoms with Crippen molar-refractivity contribution in [2.75, 3.05) is 10.7 Å². The van der Waals surface area contributed by atoms with Crippen LogP contribution in [0.3, 0.4) is 0 Å². The lowest BCUT2D eigenvalue weighted by Crippen LogP contribution is -2.33. The molecule has 36 heavy (non-hydrogen) atoms. The maximum Gasteiger partial charge on any atom is 0.238 e. The smallest absolute Gasteiger partial charge is 0.238 e. The van der Waals surface area contributed by atoms with Crippen LogP contribution in [0, 0.1) is 11.3 Å². The number of carbonyl (C=O) groups excluding carboxylic acids is 2. The van der Waals surface area contributed by atoms with Gasteiger partial charge in [0.1, 0.15) is 11.4 Å². The van der Waals surface area contributed by atoms with Gasteiger partial charge in [-0.1, -0.05) is 36.4 Å². The molecular weight excluding hydrogens is 474 g/mol. The molecule has 6 rings (SSSR count). The summed E-state index contributed by atoms with van der Waals surface area (Å²) in [7, 11) is -3.43. The Morgan fingerprint density at radius 2 is 1.81 bits per heavy atom. The van der Waals surface area contributed by atoms with Crippen LogP contribution in [-0.2, 0) is 26.6 Å². The molecule has 3 aromatic rings. The van der Waals surface area contributed by atoms with E-state index in [0.717, 1.165) is 16.8 Å². The number of carbonyl (C=O) groups is 2. The lowest BCUT2D eigenvalue weighted by Gasteiger charge is -2.18. The monoisotopic (exact) mass is 497 g/mol. The third-order valence-electron chi connectivity index (χ3n) is 7.48. The largest absolute Gasteiger partial charge is 0.305 e. The first-order valence-electron chi connectivity index (χ1n) is 12.0. The van der Waals surface area contributed by atoms with Crippen molar-refractivity contribution in [2.24, 2.45) is 0 Å². The summed E-state index contributed by atoms with van der Waals surface area (Å²) in [6.45, 7) is 0.189. The summed E-state index contributed by atoms with van der Waals surface area (Å²) in [5.74, 6) is -1.03. The summed E-state index contributed by atoms with van der Waals surface area (Å²) in [5, 5.41) is 8.70. The van der Waals surface area contributed by atoms with Gasteiger partial charge in [0.05, 0.1) is 34.5 Å². The van der Waals surface area contributed by atoms with E-state index in [1.807, 2.05) is 36.4 Å². The van der Waals surface area contributed by atoms with Gasteiger partial charge in [-0.2, -0.15) is 5.26 Å². The topological polar surface area (TPSA) is 108 Å². The molecule has 7 nitrogen and oxygen atoms in total. The molecule has 0 N–H and O–H groups in total. The number of nitriles is 1. The minimum atomic E-state index is -3.43. The van der Waals surface area contributed by atoms with Gasteiger partial charge < -0.3 is 4.90 Å². The summed E-state index contributed by atoms with van der Waals surface area (Å²) in [6.07, 6.45) is 1.92. The number of Topliss-reactive ketones (excluding diaryl/α,β-unsaturated/α-hetero) is 1. The molecule has 1 spiro atoms. The van der Waals surface area contributed by atoms with Gasteiger partial charge in [-0.3, -0.25) is 9.59 Å². The van der Waals surface area contributed by atoms with Gasteiger partial charge in [-0.05, 0) is 60.7 Å². The number of hydrogen-bond acceptors (Lipinski definition) is 6. The molecule has 2 heterocycles. The molecule has 0 saturated heterocycles. The Kier molecular flexibility index (Phi) is 5.09. The Balaban J connectivity index is 1.27. The Hall–Kier alpha value is -3.83. The summed E-state index contributed by atoms with van der Waals surface area (Å²) in [6, 6.07) is 22.2. The van der Waals surface area contributed by atoms with Crippen LogP contribution in [-0.4, -0.2) is 36.1 Å². The minimum Gasteiger partial charge on any atom is -0.305 e. The molecule has 0 bridgehead atoms. The second kappa shape index (κ2) is 8.10. The van der Waals surface area contributed by atoms with E-state index >= 15 is 0 Å². The van der Waals surface area contributed by atoms with Gasteiger partial charge in [-0.25, -0.2) is 13.4 Å². The SMILES string of the molecule is N#Cc1ccc([C@H]2C[C@]23C(=O)N(Cc2cccc(C(=O)CS(=O)(=O)C4CC4)n2)c2ccccc23)cc1. The van der Waals surface area contributed by atoms with Crippen LogP contribution >= 0.6 is 0 Å². The molecule has 1 aromatic heterocycles. The van der Waals surface area contributed by atoms with Crippen LogP contribution in [0.5, 0.6) is 0 Å². The Labute approximate surface area is 209 Å². The number of anilines is 1. The standard InChI is InChI=1S/C28H23N3O4S/c29-15-18-8-10-19(11-9-18)23-14-28(23)22-5-1-2-7-25(22)31(27(28)33)16-20-4-3-6-24(30-20)26(32)17-36(34,35)21-12-13-21/h1-11,21,23H,12-14,16-17H2/t23-,28-/m1/s1. The summed E-state index contributed by atoms with van der Waals surface area (Å²) in [5.41, 5.74) is 3.41. The van der Waals surface area contributed by atoms with E-state index in [1.165, 1.54) is 6.07 Å². The number of nitrogens with zero attached hydrogens (tertiary/aromatic N) is 3. The first-order valence-corrected chi connectivity index (χ1v) is 13.7. The second-order valence-electron chi connectivity index (χ2n) is 9.81. The molecule has 2 aliphatic carbocycles. The van der Waals surface area contributed by atoms with Crippen LogP contribution in [0.1, 0.15) is 58.1 Å². The van der Waals surface area contributed by atoms with E-state index in [1.54, 1.807) is 29.2 Å². The quantitative estimate of drug-likeness (QED) is 0.461. The molecule has 1 aliphatic heterocycles. The van der Waals surface area contributed by atoms with Crippen molar-refractivity contribution in [1.29, 1.82) is 5.26 Å². The average molecular weight is 498 g/mol. The number of amides is 1. The molecule has 3 aliphatic rings. The zero-order valence-corrected chi connectivity index (χ0v) is 20.2. The fourth-order valence-corrected chi connectivity index (χ4v) is 6.99. The predicted molar refractivity (Wildman–Crippen MR) is 133 cm³/mol. The zero-order chi connectivity index (χ0) is 25.1. The van der Waals surface area contributed by atoms with Gasteiger partial charge in [0.15, 0.2) is 15.6 Å². The number of rotatable bonds is 7. The van der Waals surface area contributed by atoms with E-state index in [2.05, 4.69) is 11.1 Å². The molecule has 180 valence electrons. The highest BCUT2D eigenvalue weighted by Gasteiger charge is 2.67. The van der Waals surface area contributed by atoms with E-state index in [4.69, 9.17) is 5.26 Å². The highest BCUT2D eigenvalue weighted by Crippen LogP contribution is 2.66. The molecule has 2 saturated carbocycles. The molecule has 1 amide bonds. The van der Waals surface area contributed by atoms with Gasteiger partial charge in [0.25, 0.3) is 0 Å². The fraction of sp³-hybridized carbons (Fsp3) is 0.286. The second-order valence-corrected chi connectivity index (χ2v) is 12.1. The van der Waals surface area contributed by atoms with Crippen LogP contribution in [0.2, 0.25) is 0 Å². The van der Waals surface area contributed by atoms with Crippen molar-refractivity contribution >= 4 is 27.2 Å². The highest BCUT2D eigenvalue weighted by atomic mass is 32.2. The Morgan fingerprint density at radius 1 is 1.06 bits per heavy atom. The van der Waals surface area contributed by atoms with Crippen LogP contribution in [0.25, 0.3) is 0 Å². The van der Waals surface area contributed by atoms with Gasteiger partial charge in [-0.15, -0.1) is 0 Å². The van der Waals surface area contributed by atoms with Crippen LogP contribution in [0.4, 0.5) is 5.69 Å². The summed E-state index contributed by atoms with van der Waals surface area (Å²) < 4.78 is 24.5. The lowest BCUT2D eigenvalue weighted by atomic mass is 9.92. The molecule has 0 unspecified atom stereocenters. The van der Waals surface area contributed by atoms with E-state index < -0.39 is 32.0 Å². The highest BCUT2D eigenvalue weighted by molar-refractivity contribution is 7.93. The number of aromatic nitrogens is 1. The first-order chi connectivity index (χ1) is 17.3. The number of sulfone groups is 1. The minimum absolute atomic E-state index is 0.00657. The van der Waals surface area contributed by atoms with Crippen LogP contribution < -0.4 is 4.90 Å². The maximum atomic E-state index is 13.8. The van der Waals surface area contributed by atoms with Crippen molar-refractivity contribution in [1.82, 2.24) is 4.98 Å². The average Bonchev–Trinajstić information content (AvgIpc) is 3.80. The molecular formula is C28H23N3O4S. The molecule has 2 atom stereocenters. The number of benzene rings is 2. The predicted octanol–water partition coefficient (Wildman–Crippen LogP) is 3.69. The summed E-state index contributed by atoms with van der Waals surface area (Å²) in [4.78, 5) is 32.7. The van der Waals surface area contributed by atoms with Crippen molar-refractivity contribution < 1.29 is 18.0 Å². The Morgan fingerprint density at radius 3 is 2.53 bits per heavy atom. The van der Waals surface area contributed by atoms with E-state index in [9.17, 15) is 18.0 Å². The summed E-state index contributed by atoms with van der Waals surface area (Å²) >= 11 is 0. The lowest BCUT2D eigenvalue weighted by molar-refractivity contribution is -0.120. The molecule has 8 heteroatoms. The normalized spacial score (nSPS) is 22.4. The van der Waals surface area contributed by atoms with Crippen molar-refractivity contribution in [3.63, 3.8) is 0 Å². The van der Waals surface area contributed by atoms with Gasteiger partial charge in [0.2, 0.25) is 5.91 Å². The number of fused-ring (bicyclic) bond motifs is 2. The fourth-order valence-electron chi connectivity index (χ4n) is 5.38. The van der Waals surface area contributed by atoms with Crippen molar-refractivity contribution in [3.8, 4) is 6.07 Å².